The molecular weight excluding hydrogens is 251 g/mol. The number of nitrogens with zero attached hydrogens (tertiary/aromatic N) is 1. The Morgan fingerprint density at radius 2 is 2.00 bits per heavy atom. The number of anilines is 1. The lowest BCUT2D eigenvalue weighted by molar-refractivity contribution is 0.319. The van der Waals surface area contributed by atoms with Gasteiger partial charge in [0.2, 0.25) is 0 Å². The van der Waals surface area contributed by atoms with Crippen molar-refractivity contribution < 1.29 is 4.39 Å². The highest BCUT2D eigenvalue weighted by Gasteiger charge is 2.14. The smallest absolute Gasteiger partial charge is 0.123 e. The molecule has 0 saturated heterocycles. The molecule has 0 aliphatic carbocycles. The van der Waals surface area contributed by atoms with Crippen molar-refractivity contribution in [2.24, 2.45) is 0 Å². The molecule has 1 aliphatic heterocycles. The molecule has 0 unspecified atom stereocenters. The summed E-state index contributed by atoms with van der Waals surface area (Å²) in [6.45, 7) is 2.65. The zero-order valence-electron chi connectivity index (χ0n) is 11.7. The average molecular weight is 270 g/mol. The number of rotatable bonds is 4. The maximum atomic E-state index is 13.2. The zero-order chi connectivity index (χ0) is 13.9. The Kier molecular flexibility index (Phi) is 3.70. The number of hydrogen-bond acceptors (Lipinski definition) is 2. The third kappa shape index (κ3) is 2.83. The van der Waals surface area contributed by atoms with Crippen LogP contribution >= 0.6 is 0 Å². The second-order valence-electron chi connectivity index (χ2n) is 5.43. The van der Waals surface area contributed by atoms with Crippen LogP contribution in [0.4, 0.5) is 10.1 Å². The molecule has 3 rings (SSSR count). The summed E-state index contributed by atoms with van der Waals surface area (Å²) >= 11 is 0. The third-order valence-corrected chi connectivity index (χ3v) is 3.71. The molecular formula is C17H19FN2. The Balaban J connectivity index is 1.70. The van der Waals surface area contributed by atoms with Gasteiger partial charge < -0.3 is 5.32 Å². The van der Waals surface area contributed by atoms with E-state index in [1.807, 2.05) is 6.07 Å². The van der Waals surface area contributed by atoms with E-state index < -0.39 is 0 Å². The standard InChI is InChI=1S/C17H19FN2/c1-20(11-13-4-2-7-16(18)10-13)12-15-6-3-5-14-8-9-19-17(14)15/h2-7,10,19H,8-9,11-12H2,1H3. The fourth-order valence-corrected chi connectivity index (χ4v) is 2.84. The minimum absolute atomic E-state index is 0.168. The van der Waals surface area contributed by atoms with Crippen molar-refractivity contribution in [1.82, 2.24) is 4.90 Å². The third-order valence-electron chi connectivity index (χ3n) is 3.71. The van der Waals surface area contributed by atoms with E-state index in [0.29, 0.717) is 0 Å². The molecule has 0 fully saturated rings. The van der Waals surface area contributed by atoms with Gasteiger partial charge in [-0.3, -0.25) is 4.90 Å². The Hall–Kier alpha value is -1.87. The van der Waals surface area contributed by atoms with E-state index in [1.165, 1.54) is 22.9 Å². The van der Waals surface area contributed by atoms with Crippen LogP contribution in [-0.2, 0) is 19.5 Å². The van der Waals surface area contributed by atoms with E-state index in [4.69, 9.17) is 0 Å². The highest BCUT2D eigenvalue weighted by atomic mass is 19.1. The van der Waals surface area contributed by atoms with Crippen molar-refractivity contribution in [1.29, 1.82) is 0 Å². The van der Waals surface area contributed by atoms with Crippen molar-refractivity contribution in [2.45, 2.75) is 19.5 Å². The summed E-state index contributed by atoms with van der Waals surface area (Å²) in [6, 6.07) is 13.3. The van der Waals surface area contributed by atoms with Crippen molar-refractivity contribution >= 4 is 5.69 Å². The molecule has 0 spiro atoms. The Morgan fingerprint density at radius 3 is 2.85 bits per heavy atom. The van der Waals surface area contributed by atoms with Crippen LogP contribution in [-0.4, -0.2) is 18.5 Å². The topological polar surface area (TPSA) is 15.3 Å². The summed E-state index contributed by atoms with van der Waals surface area (Å²) in [5, 5.41) is 3.46. The average Bonchev–Trinajstić information content (AvgIpc) is 2.88. The first-order chi connectivity index (χ1) is 9.72. The molecule has 1 aliphatic rings. The van der Waals surface area contributed by atoms with Crippen LogP contribution in [0.2, 0.25) is 0 Å². The molecule has 0 bridgehead atoms. The summed E-state index contributed by atoms with van der Waals surface area (Å²) in [5.41, 5.74) is 5.02. The minimum Gasteiger partial charge on any atom is -0.384 e. The van der Waals surface area contributed by atoms with Gasteiger partial charge in [-0.1, -0.05) is 30.3 Å². The maximum Gasteiger partial charge on any atom is 0.123 e. The van der Waals surface area contributed by atoms with Crippen molar-refractivity contribution in [2.75, 3.05) is 18.9 Å². The van der Waals surface area contributed by atoms with Crippen LogP contribution in [0.5, 0.6) is 0 Å². The lowest BCUT2D eigenvalue weighted by atomic mass is 10.1. The van der Waals surface area contributed by atoms with Gasteiger partial charge in [-0.15, -0.1) is 0 Å². The van der Waals surface area contributed by atoms with E-state index in [0.717, 1.165) is 31.6 Å². The fraction of sp³-hybridized carbons (Fsp3) is 0.294. The molecule has 0 amide bonds. The first-order valence-corrected chi connectivity index (χ1v) is 7.00. The van der Waals surface area contributed by atoms with Crippen molar-refractivity contribution in [3.8, 4) is 0 Å². The first-order valence-electron chi connectivity index (χ1n) is 7.00. The fourth-order valence-electron chi connectivity index (χ4n) is 2.84. The predicted octanol–water partition coefficient (Wildman–Crippen LogP) is 3.43. The Bertz CT molecular complexity index is 610. The Labute approximate surface area is 119 Å². The van der Waals surface area contributed by atoms with E-state index in [-0.39, 0.29) is 5.82 Å². The van der Waals surface area contributed by atoms with Gasteiger partial charge in [0.15, 0.2) is 0 Å². The molecule has 0 radical (unpaired) electrons. The summed E-state index contributed by atoms with van der Waals surface area (Å²) in [7, 11) is 2.07. The van der Waals surface area contributed by atoms with Crippen molar-refractivity contribution in [3.05, 3.63) is 65.0 Å². The van der Waals surface area contributed by atoms with Gasteiger partial charge >= 0.3 is 0 Å². The molecule has 2 nitrogen and oxygen atoms in total. The SMILES string of the molecule is CN(Cc1cccc(F)c1)Cc1cccc2c1NCC2. The highest BCUT2D eigenvalue weighted by molar-refractivity contribution is 5.61. The summed E-state index contributed by atoms with van der Waals surface area (Å²) in [5.74, 6) is -0.168. The molecule has 2 aromatic rings. The number of para-hydroxylation sites is 1. The van der Waals surface area contributed by atoms with Crippen LogP contribution in [0.1, 0.15) is 16.7 Å². The number of hydrogen-bond donors (Lipinski definition) is 1. The maximum absolute atomic E-state index is 13.2. The highest BCUT2D eigenvalue weighted by Crippen LogP contribution is 2.27. The van der Waals surface area contributed by atoms with Gasteiger partial charge in [0.25, 0.3) is 0 Å². The van der Waals surface area contributed by atoms with Crippen LogP contribution in [0.25, 0.3) is 0 Å². The first kappa shape index (κ1) is 13.1. The second-order valence-corrected chi connectivity index (χ2v) is 5.43. The molecule has 0 aromatic heterocycles. The van der Waals surface area contributed by atoms with E-state index in [2.05, 4.69) is 35.5 Å². The molecule has 2 aromatic carbocycles. The van der Waals surface area contributed by atoms with Gasteiger partial charge in [-0.2, -0.15) is 0 Å². The lowest BCUT2D eigenvalue weighted by Crippen LogP contribution is -2.18. The van der Waals surface area contributed by atoms with Gasteiger partial charge in [-0.25, -0.2) is 4.39 Å². The van der Waals surface area contributed by atoms with E-state index in [9.17, 15) is 4.39 Å². The second kappa shape index (κ2) is 5.63. The minimum atomic E-state index is -0.168. The molecule has 0 saturated carbocycles. The van der Waals surface area contributed by atoms with Crippen molar-refractivity contribution in [3.63, 3.8) is 0 Å². The number of benzene rings is 2. The summed E-state index contributed by atoms with van der Waals surface area (Å²) in [4.78, 5) is 2.21. The summed E-state index contributed by atoms with van der Waals surface area (Å²) in [6.07, 6.45) is 1.11. The van der Waals surface area contributed by atoms with E-state index >= 15 is 0 Å². The lowest BCUT2D eigenvalue weighted by Gasteiger charge is -2.19. The van der Waals surface area contributed by atoms with Gasteiger partial charge in [0.05, 0.1) is 0 Å². The van der Waals surface area contributed by atoms with Gasteiger partial charge in [0.1, 0.15) is 5.82 Å². The molecule has 3 heteroatoms. The van der Waals surface area contributed by atoms with Gasteiger partial charge in [-0.05, 0) is 42.3 Å². The largest absolute Gasteiger partial charge is 0.384 e. The monoisotopic (exact) mass is 270 g/mol. The zero-order valence-corrected chi connectivity index (χ0v) is 11.7. The van der Waals surface area contributed by atoms with Crippen LogP contribution in [0.3, 0.4) is 0 Å². The van der Waals surface area contributed by atoms with Crippen LogP contribution in [0.15, 0.2) is 42.5 Å². The molecule has 0 atom stereocenters. The quantitative estimate of drug-likeness (QED) is 0.915. The van der Waals surface area contributed by atoms with Crippen LogP contribution in [0, 0.1) is 5.82 Å². The molecule has 20 heavy (non-hydrogen) atoms. The summed E-state index contributed by atoms with van der Waals surface area (Å²) < 4.78 is 13.2. The van der Waals surface area contributed by atoms with E-state index in [1.54, 1.807) is 12.1 Å². The number of halogens is 1. The number of nitrogens with one attached hydrogen (secondary N) is 1. The molecule has 1 N–H and O–H groups in total. The molecule has 1 heterocycles. The number of fused-ring (bicyclic) bond motifs is 1. The Morgan fingerprint density at radius 1 is 1.15 bits per heavy atom. The molecule has 104 valence electrons. The normalized spacial score (nSPS) is 13.3. The predicted molar refractivity (Wildman–Crippen MR) is 80.2 cm³/mol. The van der Waals surface area contributed by atoms with Gasteiger partial charge in [0, 0.05) is 25.3 Å². The van der Waals surface area contributed by atoms with Crippen LogP contribution < -0.4 is 5.32 Å².